The molecular weight excluding hydrogens is 332 g/mol. The number of benzene rings is 1. The number of nitrogens with one attached hydrogen (secondary N) is 2. The lowest BCUT2D eigenvalue weighted by Gasteiger charge is -2.36. The van der Waals surface area contributed by atoms with Gasteiger partial charge in [0.2, 0.25) is 5.91 Å². The minimum absolute atomic E-state index is 0.210. The first kappa shape index (κ1) is 17.8. The van der Waals surface area contributed by atoms with E-state index in [1.165, 1.54) is 5.69 Å². The molecule has 1 atom stereocenters. The van der Waals surface area contributed by atoms with Crippen molar-refractivity contribution < 1.29 is 14.0 Å². The number of amides is 3. The van der Waals surface area contributed by atoms with E-state index in [0.717, 1.165) is 13.1 Å². The molecule has 0 unspecified atom stereocenters. The van der Waals surface area contributed by atoms with Crippen molar-refractivity contribution in [1.82, 2.24) is 15.5 Å². The molecule has 26 heavy (non-hydrogen) atoms. The fourth-order valence-corrected chi connectivity index (χ4v) is 2.89. The van der Waals surface area contributed by atoms with Crippen molar-refractivity contribution in [3.05, 3.63) is 54.5 Å². The van der Waals surface area contributed by atoms with Gasteiger partial charge in [-0.2, -0.15) is 0 Å². The molecule has 2 heterocycles. The first-order valence-corrected chi connectivity index (χ1v) is 8.79. The lowest BCUT2D eigenvalue weighted by atomic mass is 10.2. The second-order valence-corrected chi connectivity index (χ2v) is 6.28. The van der Waals surface area contributed by atoms with Crippen LogP contribution in [0.4, 0.5) is 10.5 Å². The minimum atomic E-state index is -0.607. The van der Waals surface area contributed by atoms with Gasteiger partial charge in [-0.15, -0.1) is 0 Å². The third-order valence-corrected chi connectivity index (χ3v) is 4.44. The van der Waals surface area contributed by atoms with E-state index < -0.39 is 6.04 Å². The van der Waals surface area contributed by atoms with E-state index in [2.05, 4.69) is 27.7 Å². The van der Waals surface area contributed by atoms with Crippen molar-refractivity contribution in [3.63, 3.8) is 0 Å². The summed E-state index contributed by atoms with van der Waals surface area (Å²) in [5, 5.41) is 5.51. The number of piperazine rings is 1. The molecule has 7 nitrogen and oxygen atoms in total. The van der Waals surface area contributed by atoms with Crippen LogP contribution in [-0.4, -0.2) is 49.1 Å². The summed E-state index contributed by atoms with van der Waals surface area (Å²) >= 11 is 0. The van der Waals surface area contributed by atoms with Crippen molar-refractivity contribution in [2.75, 3.05) is 31.1 Å². The average molecular weight is 356 g/mol. The molecule has 3 amide bonds. The maximum absolute atomic E-state index is 12.4. The monoisotopic (exact) mass is 356 g/mol. The first-order valence-electron chi connectivity index (χ1n) is 8.79. The molecular formula is C19H24N4O3. The molecule has 7 heteroatoms. The maximum atomic E-state index is 12.4. The van der Waals surface area contributed by atoms with Crippen LogP contribution >= 0.6 is 0 Å². The van der Waals surface area contributed by atoms with Gasteiger partial charge in [-0.3, -0.25) is 4.79 Å². The third kappa shape index (κ3) is 4.56. The Labute approximate surface area is 153 Å². The Hall–Kier alpha value is -2.96. The summed E-state index contributed by atoms with van der Waals surface area (Å²) in [6, 6.07) is 12.9. The van der Waals surface area contributed by atoms with Gasteiger partial charge in [0.1, 0.15) is 11.8 Å². The van der Waals surface area contributed by atoms with E-state index in [0.29, 0.717) is 25.4 Å². The van der Waals surface area contributed by atoms with Gasteiger partial charge in [-0.25, -0.2) is 4.79 Å². The highest BCUT2D eigenvalue weighted by atomic mass is 16.3. The van der Waals surface area contributed by atoms with E-state index in [-0.39, 0.29) is 11.9 Å². The summed E-state index contributed by atoms with van der Waals surface area (Å²) in [7, 11) is 0. The molecule has 1 saturated heterocycles. The topological polar surface area (TPSA) is 77.8 Å². The molecule has 2 N–H and O–H groups in total. The normalized spacial score (nSPS) is 15.4. The highest BCUT2D eigenvalue weighted by molar-refractivity contribution is 5.86. The Morgan fingerprint density at radius 1 is 1.08 bits per heavy atom. The Balaban J connectivity index is 1.42. The van der Waals surface area contributed by atoms with Gasteiger partial charge < -0.3 is 24.9 Å². The number of anilines is 1. The van der Waals surface area contributed by atoms with E-state index >= 15 is 0 Å². The SMILES string of the molecule is C[C@@H](NC(=O)N1CCN(c2ccccc2)CC1)C(=O)NCc1ccco1. The molecule has 3 rings (SSSR count). The van der Waals surface area contributed by atoms with Crippen molar-refractivity contribution >= 4 is 17.6 Å². The summed E-state index contributed by atoms with van der Waals surface area (Å²) in [5.74, 6) is 0.437. The fraction of sp³-hybridized carbons (Fsp3) is 0.368. The van der Waals surface area contributed by atoms with Crippen molar-refractivity contribution in [2.45, 2.75) is 19.5 Å². The molecule has 0 spiro atoms. The van der Waals surface area contributed by atoms with Gasteiger partial charge in [0, 0.05) is 31.9 Å². The highest BCUT2D eigenvalue weighted by Gasteiger charge is 2.24. The van der Waals surface area contributed by atoms with Crippen LogP contribution in [0.3, 0.4) is 0 Å². The summed E-state index contributed by atoms with van der Waals surface area (Å²) < 4.78 is 5.17. The third-order valence-electron chi connectivity index (χ3n) is 4.44. The van der Waals surface area contributed by atoms with Crippen molar-refractivity contribution in [1.29, 1.82) is 0 Å². The number of rotatable bonds is 5. The number of para-hydroxylation sites is 1. The zero-order valence-electron chi connectivity index (χ0n) is 14.9. The number of hydrogen-bond acceptors (Lipinski definition) is 4. The van der Waals surface area contributed by atoms with Crippen LogP contribution in [0.1, 0.15) is 12.7 Å². The van der Waals surface area contributed by atoms with Gasteiger partial charge in [-0.1, -0.05) is 18.2 Å². The Morgan fingerprint density at radius 3 is 2.46 bits per heavy atom. The van der Waals surface area contributed by atoms with E-state index in [1.807, 2.05) is 18.2 Å². The van der Waals surface area contributed by atoms with Crippen LogP contribution in [0.5, 0.6) is 0 Å². The smallest absolute Gasteiger partial charge is 0.318 e. The van der Waals surface area contributed by atoms with Crippen LogP contribution in [-0.2, 0) is 11.3 Å². The molecule has 1 aliphatic heterocycles. The van der Waals surface area contributed by atoms with Crippen LogP contribution in [0.15, 0.2) is 53.1 Å². The number of carbonyl (C=O) groups excluding carboxylic acids is 2. The zero-order valence-corrected chi connectivity index (χ0v) is 14.9. The Morgan fingerprint density at radius 2 is 1.81 bits per heavy atom. The van der Waals surface area contributed by atoms with E-state index in [9.17, 15) is 9.59 Å². The van der Waals surface area contributed by atoms with Gasteiger partial charge in [0.25, 0.3) is 0 Å². The van der Waals surface area contributed by atoms with E-state index in [1.54, 1.807) is 30.2 Å². The number of urea groups is 1. The fourth-order valence-electron chi connectivity index (χ4n) is 2.89. The molecule has 0 bridgehead atoms. The molecule has 0 aliphatic carbocycles. The number of furan rings is 1. The summed E-state index contributed by atoms with van der Waals surface area (Å²) in [5.41, 5.74) is 1.17. The second-order valence-electron chi connectivity index (χ2n) is 6.28. The average Bonchev–Trinajstić information content (AvgIpc) is 3.20. The standard InChI is InChI=1S/C19H24N4O3/c1-15(18(24)20-14-17-8-5-13-26-17)21-19(25)23-11-9-22(10-12-23)16-6-3-2-4-7-16/h2-8,13,15H,9-12,14H2,1H3,(H,20,24)(H,21,25)/t15-/m1/s1. The molecule has 1 aromatic heterocycles. The Bertz CT molecular complexity index is 710. The van der Waals surface area contributed by atoms with Gasteiger partial charge >= 0.3 is 6.03 Å². The van der Waals surface area contributed by atoms with Crippen LogP contribution in [0.2, 0.25) is 0 Å². The van der Waals surface area contributed by atoms with Crippen LogP contribution in [0, 0.1) is 0 Å². The predicted molar refractivity (Wildman–Crippen MR) is 98.8 cm³/mol. The summed E-state index contributed by atoms with van der Waals surface area (Å²) in [6.07, 6.45) is 1.56. The van der Waals surface area contributed by atoms with E-state index in [4.69, 9.17) is 4.42 Å². The number of nitrogens with zero attached hydrogens (tertiary/aromatic N) is 2. The molecule has 1 aromatic carbocycles. The second kappa shape index (κ2) is 8.42. The summed E-state index contributed by atoms with van der Waals surface area (Å²) in [4.78, 5) is 28.5. The number of hydrogen-bond donors (Lipinski definition) is 2. The Kier molecular flexibility index (Phi) is 5.78. The zero-order chi connectivity index (χ0) is 18.4. The summed E-state index contributed by atoms with van der Waals surface area (Å²) in [6.45, 7) is 4.79. The van der Waals surface area contributed by atoms with Gasteiger partial charge in [-0.05, 0) is 31.2 Å². The first-order chi connectivity index (χ1) is 12.6. The molecule has 0 saturated carbocycles. The lowest BCUT2D eigenvalue weighted by Crippen LogP contribution is -2.55. The molecule has 138 valence electrons. The largest absolute Gasteiger partial charge is 0.467 e. The van der Waals surface area contributed by atoms with Crippen LogP contribution in [0.25, 0.3) is 0 Å². The number of carbonyl (C=O) groups is 2. The predicted octanol–water partition coefficient (Wildman–Crippen LogP) is 1.82. The lowest BCUT2D eigenvalue weighted by molar-refractivity contribution is -0.122. The molecule has 1 fully saturated rings. The van der Waals surface area contributed by atoms with Crippen molar-refractivity contribution in [2.24, 2.45) is 0 Å². The molecule has 2 aromatic rings. The molecule has 1 aliphatic rings. The quantitative estimate of drug-likeness (QED) is 0.857. The minimum Gasteiger partial charge on any atom is -0.467 e. The molecule has 0 radical (unpaired) electrons. The van der Waals surface area contributed by atoms with Gasteiger partial charge in [0.05, 0.1) is 12.8 Å². The maximum Gasteiger partial charge on any atom is 0.318 e. The van der Waals surface area contributed by atoms with Crippen LogP contribution < -0.4 is 15.5 Å². The highest BCUT2D eigenvalue weighted by Crippen LogP contribution is 2.15. The van der Waals surface area contributed by atoms with Gasteiger partial charge in [0.15, 0.2) is 0 Å². The van der Waals surface area contributed by atoms with Crippen molar-refractivity contribution in [3.8, 4) is 0 Å².